The molecule has 0 amide bonds. The second kappa shape index (κ2) is 13.5. The lowest BCUT2D eigenvalue weighted by Crippen LogP contribution is -2.43. The Kier molecular flexibility index (Phi) is 9.86. The molecule has 1 aliphatic rings. The Hall–Kier alpha value is -2.55. The zero-order chi connectivity index (χ0) is 24.3. The number of halogens is 1. The fraction of sp³-hybridized carbons (Fsp3) is 0.429. The number of rotatable bonds is 13. The van der Waals surface area contributed by atoms with E-state index in [1.54, 1.807) is 6.07 Å². The fourth-order valence-electron chi connectivity index (χ4n) is 4.37. The van der Waals surface area contributed by atoms with Gasteiger partial charge in [-0.2, -0.15) is 0 Å². The molecule has 35 heavy (non-hydrogen) atoms. The van der Waals surface area contributed by atoms with Crippen molar-refractivity contribution in [2.75, 3.05) is 52.5 Å². The molecule has 1 atom stereocenters. The van der Waals surface area contributed by atoms with Crippen molar-refractivity contribution in [2.45, 2.75) is 25.8 Å². The molecule has 1 saturated heterocycles. The summed E-state index contributed by atoms with van der Waals surface area (Å²) in [5.41, 5.74) is 2.85. The molecule has 1 fully saturated rings. The Balaban J connectivity index is 1.36. The molecule has 6 nitrogen and oxygen atoms in total. The molecule has 2 aromatic carbocycles. The topological polar surface area (TPSA) is 50.1 Å². The first-order valence-electron chi connectivity index (χ1n) is 12.4. The van der Waals surface area contributed by atoms with Crippen LogP contribution in [0.2, 0.25) is 0 Å². The molecule has 1 aromatic heterocycles. The molecule has 1 N–H and O–H groups in total. The van der Waals surface area contributed by atoms with E-state index in [2.05, 4.69) is 20.4 Å². The molecule has 1 aliphatic heterocycles. The van der Waals surface area contributed by atoms with E-state index in [1.807, 2.05) is 54.7 Å². The van der Waals surface area contributed by atoms with Crippen LogP contribution in [0.25, 0.3) is 0 Å². The van der Waals surface area contributed by atoms with Crippen molar-refractivity contribution in [3.63, 3.8) is 0 Å². The maximum atomic E-state index is 14.2. The zero-order valence-corrected chi connectivity index (χ0v) is 20.3. The molecule has 1 unspecified atom stereocenters. The van der Waals surface area contributed by atoms with Crippen LogP contribution in [0.1, 0.15) is 16.8 Å². The van der Waals surface area contributed by atoms with E-state index in [4.69, 9.17) is 9.47 Å². The van der Waals surface area contributed by atoms with Crippen molar-refractivity contribution in [1.82, 2.24) is 14.4 Å². The first-order valence-corrected chi connectivity index (χ1v) is 12.4. The highest BCUT2D eigenvalue weighted by Gasteiger charge is 2.17. The van der Waals surface area contributed by atoms with Crippen molar-refractivity contribution in [1.29, 1.82) is 0 Å². The van der Waals surface area contributed by atoms with Crippen LogP contribution >= 0.6 is 0 Å². The van der Waals surface area contributed by atoms with Gasteiger partial charge in [0.2, 0.25) is 0 Å². The lowest BCUT2D eigenvalue weighted by Gasteiger charge is -2.31. The second-order valence-electron chi connectivity index (χ2n) is 9.06. The van der Waals surface area contributed by atoms with Crippen LogP contribution in [0.4, 0.5) is 4.39 Å². The Bertz CT molecular complexity index is 1010. The Morgan fingerprint density at radius 2 is 1.77 bits per heavy atom. The highest BCUT2D eigenvalue weighted by Crippen LogP contribution is 2.14. The smallest absolute Gasteiger partial charge is 0.128 e. The van der Waals surface area contributed by atoms with Crippen molar-refractivity contribution in [3.05, 3.63) is 95.6 Å². The van der Waals surface area contributed by atoms with Gasteiger partial charge >= 0.3 is 0 Å². The minimum absolute atomic E-state index is 0.192. The van der Waals surface area contributed by atoms with Crippen LogP contribution in [0, 0.1) is 5.82 Å². The van der Waals surface area contributed by atoms with Gasteiger partial charge in [0.1, 0.15) is 5.82 Å². The molecule has 188 valence electrons. The Morgan fingerprint density at radius 1 is 1.00 bits per heavy atom. The average molecular weight is 482 g/mol. The van der Waals surface area contributed by atoms with Gasteiger partial charge in [0.15, 0.2) is 0 Å². The normalized spacial score (nSPS) is 15.5. The molecule has 0 aliphatic carbocycles. The SMILES string of the molecule is OC(COCc1ccccc1)CN(CCN1CCOCC1)Cc1cccn1Cc1ccccc1F. The highest BCUT2D eigenvalue weighted by atomic mass is 19.1. The van der Waals surface area contributed by atoms with Gasteiger partial charge in [0, 0.05) is 56.7 Å². The summed E-state index contributed by atoms with van der Waals surface area (Å²) in [6, 6.07) is 20.9. The third-order valence-electron chi connectivity index (χ3n) is 6.33. The quantitative estimate of drug-likeness (QED) is 0.406. The maximum Gasteiger partial charge on any atom is 0.128 e. The summed E-state index contributed by atoms with van der Waals surface area (Å²) < 4.78 is 27.6. The number of aromatic nitrogens is 1. The van der Waals surface area contributed by atoms with Crippen molar-refractivity contribution < 1.29 is 19.0 Å². The van der Waals surface area contributed by atoms with Crippen molar-refractivity contribution in [2.24, 2.45) is 0 Å². The van der Waals surface area contributed by atoms with Gasteiger partial charge in [-0.1, -0.05) is 48.5 Å². The summed E-state index contributed by atoms with van der Waals surface area (Å²) in [4.78, 5) is 4.66. The second-order valence-corrected chi connectivity index (χ2v) is 9.06. The molecule has 0 spiro atoms. The average Bonchev–Trinajstić information content (AvgIpc) is 3.31. The summed E-state index contributed by atoms with van der Waals surface area (Å²) in [6.07, 6.45) is 1.39. The van der Waals surface area contributed by atoms with E-state index in [9.17, 15) is 9.50 Å². The van der Waals surface area contributed by atoms with Crippen molar-refractivity contribution >= 4 is 0 Å². The highest BCUT2D eigenvalue weighted by molar-refractivity contribution is 5.19. The summed E-state index contributed by atoms with van der Waals surface area (Å²) >= 11 is 0. The fourth-order valence-corrected chi connectivity index (χ4v) is 4.37. The van der Waals surface area contributed by atoms with E-state index >= 15 is 0 Å². The van der Waals surface area contributed by atoms with Crippen LogP contribution in [0.15, 0.2) is 72.9 Å². The summed E-state index contributed by atoms with van der Waals surface area (Å²) in [6.45, 7) is 7.54. The number of morpholine rings is 1. The molecular formula is C28H36FN3O3. The third kappa shape index (κ3) is 8.26. The molecular weight excluding hydrogens is 445 g/mol. The number of hydrogen-bond donors (Lipinski definition) is 1. The van der Waals surface area contributed by atoms with Gasteiger partial charge in [0.05, 0.1) is 39.1 Å². The van der Waals surface area contributed by atoms with E-state index in [0.29, 0.717) is 31.8 Å². The molecule has 0 saturated carbocycles. The molecule has 0 bridgehead atoms. The summed E-state index contributed by atoms with van der Waals surface area (Å²) in [5, 5.41) is 10.7. The number of aliphatic hydroxyl groups is 1. The Labute approximate surface area is 207 Å². The summed E-state index contributed by atoms with van der Waals surface area (Å²) in [5.74, 6) is -0.192. The number of aliphatic hydroxyl groups excluding tert-OH is 1. The van der Waals surface area contributed by atoms with Gasteiger partial charge in [-0.15, -0.1) is 0 Å². The molecule has 4 rings (SSSR count). The number of benzene rings is 2. The number of ether oxygens (including phenoxy) is 2. The first kappa shape index (κ1) is 25.5. The number of hydrogen-bond acceptors (Lipinski definition) is 5. The minimum Gasteiger partial charge on any atom is -0.389 e. The summed E-state index contributed by atoms with van der Waals surface area (Å²) in [7, 11) is 0. The predicted octanol–water partition coefficient (Wildman–Crippen LogP) is 3.39. The lowest BCUT2D eigenvalue weighted by atomic mass is 10.2. The van der Waals surface area contributed by atoms with Crippen LogP contribution in [0.3, 0.4) is 0 Å². The zero-order valence-electron chi connectivity index (χ0n) is 20.3. The third-order valence-corrected chi connectivity index (χ3v) is 6.33. The van der Waals surface area contributed by atoms with Crippen LogP contribution in [0.5, 0.6) is 0 Å². The number of nitrogens with zero attached hydrogens (tertiary/aromatic N) is 3. The van der Waals surface area contributed by atoms with Crippen molar-refractivity contribution in [3.8, 4) is 0 Å². The first-order chi connectivity index (χ1) is 17.2. The van der Waals surface area contributed by atoms with Crippen LogP contribution in [-0.2, 0) is 29.2 Å². The standard InChI is InChI=1S/C28H36FN3O3/c29-28-11-5-4-9-25(28)19-32-12-6-10-26(32)20-31(14-13-30-15-17-34-18-16-30)21-27(33)23-35-22-24-7-2-1-3-8-24/h1-12,27,33H,13-23H2. The van der Waals surface area contributed by atoms with E-state index < -0.39 is 6.10 Å². The van der Waals surface area contributed by atoms with Gasteiger partial charge in [0.25, 0.3) is 0 Å². The molecule has 2 heterocycles. The molecule has 0 radical (unpaired) electrons. The van der Waals surface area contributed by atoms with Gasteiger partial charge in [-0.25, -0.2) is 4.39 Å². The van der Waals surface area contributed by atoms with Gasteiger partial charge < -0.3 is 19.1 Å². The molecule has 7 heteroatoms. The minimum atomic E-state index is -0.599. The predicted molar refractivity (Wildman–Crippen MR) is 135 cm³/mol. The molecule has 3 aromatic rings. The monoisotopic (exact) mass is 481 g/mol. The van der Waals surface area contributed by atoms with Gasteiger partial charge in [-0.3, -0.25) is 9.80 Å². The van der Waals surface area contributed by atoms with E-state index in [-0.39, 0.29) is 12.4 Å². The largest absolute Gasteiger partial charge is 0.389 e. The Morgan fingerprint density at radius 3 is 2.57 bits per heavy atom. The lowest BCUT2D eigenvalue weighted by molar-refractivity contribution is 0.00176. The van der Waals surface area contributed by atoms with Gasteiger partial charge in [-0.05, 0) is 23.8 Å². The maximum absolute atomic E-state index is 14.2. The van der Waals surface area contributed by atoms with Crippen LogP contribution < -0.4 is 0 Å². The van der Waals surface area contributed by atoms with E-state index in [0.717, 1.165) is 50.7 Å². The van der Waals surface area contributed by atoms with E-state index in [1.165, 1.54) is 6.07 Å². The van der Waals surface area contributed by atoms with Crippen LogP contribution in [-0.4, -0.2) is 78.1 Å².